The van der Waals surface area contributed by atoms with Crippen molar-refractivity contribution in [1.29, 1.82) is 0 Å². The number of hydrogen-bond donors (Lipinski definition) is 1. The van der Waals surface area contributed by atoms with Gasteiger partial charge in [0.15, 0.2) is 17.3 Å². The van der Waals surface area contributed by atoms with Gasteiger partial charge in [-0.2, -0.15) is 18.3 Å². The first-order valence-electron chi connectivity index (χ1n) is 11.2. The standard InChI is InChI=1S/C23H25F4N7O2/c1-12-11-34(17(14(3)36-12)10-29-18-6-5-15(7-28-18)23(25,26)27)22(35)20-19(13(2)33(4)32-20)21-30-8-16(24)9-31-21/h5-9,12,14,17H,10-11H2,1-4H3,(H,28,29)/t12-,14+,17-/m1/s1. The minimum Gasteiger partial charge on any atom is -0.372 e. The molecule has 0 bridgehead atoms. The normalized spacial score (nSPS) is 20.4. The Kier molecular flexibility index (Phi) is 6.94. The summed E-state index contributed by atoms with van der Waals surface area (Å²) in [6, 6.07) is 1.69. The highest BCUT2D eigenvalue weighted by atomic mass is 19.4. The molecule has 0 radical (unpaired) electrons. The van der Waals surface area contributed by atoms with Crippen LogP contribution >= 0.6 is 0 Å². The Bertz CT molecular complexity index is 1230. The van der Waals surface area contributed by atoms with E-state index in [0.717, 1.165) is 24.7 Å². The Balaban J connectivity index is 1.61. The fourth-order valence-electron chi connectivity index (χ4n) is 4.15. The zero-order valence-electron chi connectivity index (χ0n) is 20.0. The molecule has 1 N–H and O–H groups in total. The van der Waals surface area contributed by atoms with Crippen LogP contribution in [-0.4, -0.2) is 66.9 Å². The van der Waals surface area contributed by atoms with E-state index in [1.807, 2.05) is 13.8 Å². The summed E-state index contributed by atoms with van der Waals surface area (Å²) >= 11 is 0. The van der Waals surface area contributed by atoms with Crippen molar-refractivity contribution in [3.05, 3.63) is 53.5 Å². The largest absolute Gasteiger partial charge is 0.417 e. The second kappa shape index (κ2) is 9.80. The Hall–Kier alpha value is -3.61. The summed E-state index contributed by atoms with van der Waals surface area (Å²) in [5, 5.41) is 7.39. The van der Waals surface area contributed by atoms with E-state index in [1.54, 1.807) is 18.9 Å². The maximum atomic E-state index is 13.8. The first-order valence-corrected chi connectivity index (χ1v) is 11.2. The fraction of sp³-hybridized carbons (Fsp3) is 0.435. The number of aryl methyl sites for hydroxylation is 1. The number of rotatable bonds is 5. The molecule has 0 saturated carbocycles. The molecule has 0 aromatic carbocycles. The number of morpholine rings is 1. The van der Waals surface area contributed by atoms with Crippen LogP contribution in [0.25, 0.3) is 11.4 Å². The summed E-state index contributed by atoms with van der Waals surface area (Å²) in [5.74, 6) is -0.596. The van der Waals surface area contributed by atoms with Crippen LogP contribution in [0.4, 0.5) is 23.4 Å². The van der Waals surface area contributed by atoms with Gasteiger partial charge in [0.2, 0.25) is 0 Å². The van der Waals surface area contributed by atoms with Gasteiger partial charge >= 0.3 is 6.18 Å². The Morgan fingerprint density at radius 1 is 1.17 bits per heavy atom. The molecule has 3 aromatic rings. The molecule has 1 aliphatic heterocycles. The molecule has 3 aromatic heterocycles. The van der Waals surface area contributed by atoms with Crippen LogP contribution in [0, 0.1) is 12.7 Å². The van der Waals surface area contributed by atoms with Crippen molar-refractivity contribution in [2.24, 2.45) is 7.05 Å². The molecule has 13 heteroatoms. The van der Waals surface area contributed by atoms with Crippen molar-refractivity contribution >= 4 is 11.7 Å². The van der Waals surface area contributed by atoms with E-state index in [-0.39, 0.29) is 36.5 Å². The Morgan fingerprint density at radius 2 is 1.86 bits per heavy atom. The quantitative estimate of drug-likeness (QED) is 0.528. The van der Waals surface area contributed by atoms with Crippen LogP contribution in [0.1, 0.15) is 35.6 Å². The lowest BCUT2D eigenvalue weighted by Gasteiger charge is -2.42. The van der Waals surface area contributed by atoms with E-state index in [0.29, 0.717) is 11.3 Å². The molecule has 1 saturated heterocycles. The lowest BCUT2D eigenvalue weighted by molar-refractivity contribution is -0.137. The average molecular weight is 507 g/mol. The van der Waals surface area contributed by atoms with Gasteiger partial charge in [-0.15, -0.1) is 0 Å². The first-order chi connectivity index (χ1) is 17.0. The van der Waals surface area contributed by atoms with E-state index < -0.39 is 35.6 Å². The summed E-state index contributed by atoms with van der Waals surface area (Å²) in [6.45, 7) is 5.84. The number of carbonyl (C=O) groups is 1. The minimum atomic E-state index is -4.48. The molecule has 1 aliphatic rings. The molecule has 36 heavy (non-hydrogen) atoms. The number of alkyl halides is 3. The molecule has 0 aliphatic carbocycles. The average Bonchev–Trinajstić information content (AvgIpc) is 3.12. The molecule has 1 fully saturated rings. The number of amides is 1. The summed E-state index contributed by atoms with van der Waals surface area (Å²) in [5.41, 5.74) is 0.281. The zero-order valence-corrected chi connectivity index (χ0v) is 20.0. The van der Waals surface area contributed by atoms with E-state index in [1.165, 1.54) is 10.7 Å². The number of halogens is 4. The highest BCUT2D eigenvalue weighted by Crippen LogP contribution is 2.30. The van der Waals surface area contributed by atoms with Crippen LogP contribution in [-0.2, 0) is 18.0 Å². The summed E-state index contributed by atoms with van der Waals surface area (Å²) in [7, 11) is 1.68. The van der Waals surface area contributed by atoms with Crippen molar-refractivity contribution in [2.45, 2.75) is 45.2 Å². The van der Waals surface area contributed by atoms with Gasteiger partial charge in [-0.3, -0.25) is 9.48 Å². The lowest BCUT2D eigenvalue weighted by Crippen LogP contribution is -2.58. The molecule has 4 rings (SSSR count). The molecule has 9 nitrogen and oxygen atoms in total. The van der Waals surface area contributed by atoms with E-state index >= 15 is 0 Å². The number of aromatic nitrogens is 5. The Morgan fingerprint density at radius 3 is 2.47 bits per heavy atom. The molecule has 1 amide bonds. The highest BCUT2D eigenvalue weighted by Gasteiger charge is 2.38. The van der Waals surface area contributed by atoms with Crippen LogP contribution in [0.15, 0.2) is 30.7 Å². The number of carbonyl (C=O) groups excluding carboxylic acids is 1. The molecular weight excluding hydrogens is 482 g/mol. The second-order valence-electron chi connectivity index (χ2n) is 8.64. The fourth-order valence-corrected chi connectivity index (χ4v) is 4.15. The molecule has 3 atom stereocenters. The number of nitrogens with one attached hydrogen (secondary N) is 1. The van der Waals surface area contributed by atoms with Crippen molar-refractivity contribution in [3.63, 3.8) is 0 Å². The van der Waals surface area contributed by atoms with Crippen molar-refractivity contribution in [3.8, 4) is 11.4 Å². The van der Waals surface area contributed by atoms with Gasteiger partial charge in [0.1, 0.15) is 5.82 Å². The van der Waals surface area contributed by atoms with Crippen molar-refractivity contribution in [1.82, 2.24) is 29.6 Å². The van der Waals surface area contributed by atoms with Crippen LogP contribution in [0.2, 0.25) is 0 Å². The predicted octanol–water partition coefficient (Wildman–Crippen LogP) is 3.47. The maximum Gasteiger partial charge on any atom is 0.417 e. The number of ether oxygens (including phenoxy) is 1. The summed E-state index contributed by atoms with van der Waals surface area (Å²) in [4.78, 5) is 27.3. The van der Waals surface area contributed by atoms with E-state index in [2.05, 4.69) is 25.4 Å². The number of pyridine rings is 1. The lowest BCUT2D eigenvalue weighted by atomic mass is 10.0. The van der Waals surface area contributed by atoms with Crippen LogP contribution < -0.4 is 5.32 Å². The molecular formula is C23H25F4N7O2. The second-order valence-corrected chi connectivity index (χ2v) is 8.64. The van der Waals surface area contributed by atoms with Gasteiger partial charge < -0.3 is 15.0 Å². The minimum absolute atomic E-state index is 0.112. The third-order valence-electron chi connectivity index (χ3n) is 6.07. The van der Waals surface area contributed by atoms with Gasteiger partial charge in [0, 0.05) is 32.0 Å². The van der Waals surface area contributed by atoms with Crippen molar-refractivity contribution < 1.29 is 27.1 Å². The van der Waals surface area contributed by atoms with Gasteiger partial charge in [-0.1, -0.05) is 0 Å². The SMILES string of the molecule is Cc1c(-c2ncc(F)cn2)c(C(=O)N2C[C@@H](C)O[C@@H](C)[C@H]2CNc2ccc(C(F)(F)F)cn2)nn1C. The van der Waals surface area contributed by atoms with E-state index in [4.69, 9.17) is 4.74 Å². The number of hydrogen-bond acceptors (Lipinski definition) is 7. The molecule has 0 spiro atoms. The molecule has 192 valence electrons. The topological polar surface area (TPSA) is 98.1 Å². The van der Waals surface area contributed by atoms with E-state index in [9.17, 15) is 22.4 Å². The molecule has 0 unspecified atom stereocenters. The molecule has 4 heterocycles. The predicted molar refractivity (Wildman–Crippen MR) is 121 cm³/mol. The summed E-state index contributed by atoms with van der Waals surface area (Å²) in [6.07, 6.45) is -2.35. The third-order valence-corrected chi connectivity index (χ3v) is 6.07. The van der Waals surface area contributed by atoms with Gasteiger partial charge in [-0.25, -0.2) is 19.3 Å². The van der Waals surface area contributed by atoms with Gasteiger partial charge in [0.05, 0.1) is 41.8 Å². The van der Waals surface area contributed by atoms with Crippen LogP contribution in [0.5, 0.6) is 0 Å². The maximum absolute atomic E-state index is 13.8. The zero-order chi connectivity index (χ0) is 26.2. The monoisotopic (exact) mass is 507 g/mol. The first kappa shape index (κ1) is 25.5. The Labute approximate surface area is 204 Å². The number of nitrogens with zero attached hydrogens (tertiary/aromatic N) is 6. The smallest absolute Gasteiger partial charge is 0.372 e. The van der Waals surface area contributed by atoms with Gasteiger partial charge in [-0.05, 0) is 32.9 Å². The number of anilines is 1. The highest BCUT2D eigenvalue weighted by molar-refractivity contribution is 5.99. The summed E-state index contributed by atoms with van der Waals surface area (Å²) < 4.78 is 59.4. The van der Waals surface area contributed by atoms with Crippen molar-refractivity contribution in [2.75, 3.05) is 18.4 Å². The van der Waals surface area contributed by atoms with Crippen LogP contribution in [0.3, 0.4) is 0 Å². The van der Waals surface area contributed by atoms with Gasteiger partial charge in [0.25, 0.3) is 5.91 Å². The third kappa shape index (κ3) is 5.15.